The average Bonchev–Trinajstić information content (AvgIpc) is 3.40. The van der Waals surface area contributed by atoms with Crippen LogP contribution in [-0.2, 0) is 16.1 Å². The minimum absolute atomic E-state index is 0. The van der Waals surface area contributed by atoms with Crippen LogP contribution in [0.25, 0.3) is 0 Å². The van der Waals surface area contributed by atoms with E-state index in [0.717, 1.165) is 25.5 Å². The summed E-state index contributed by atoms with van der Waals surface area (Å²) in [5, 5.41) is 9.23. The normalized spacial score (nSPS) is 27.6. The Morgan fingerprint density at radius 1 is 1.39 bits per heavy atom. The Hall–Kier alpha value is -0.870. The molecule has 8 heteroatoms. The van der Waals surface area contributed by atoms with E-state index in [9.17, 15) is 4.79 Å². The standard InChI is InChI=1S/C20H30N4O2S.HI/c1-24(2)16(25)13-22-19(21-12-14-6-5-11-27-14)23-17-15-7-10-26-18(15)20(17)8-3-4-9-20;/h5-6,11,15,17-18H,3-4,7-10,12-13H2,1-2H3,(H2,21,22,23);1H. The second-order valence-electron chi connectivity index (χ2n) is 8.19. The molecule has 0 aromatic carbocycles. The zero-order valence-corrected chi connectivity index (χ0v) is 19.8. The first-order valence-corrected chi connectivity index (χ1v) is 10.9. The molecule has 2 aliphatic carbocycles. The molecule has 2 saturated carbocycles. The van der Waals surface area contributed by atoms with E-state index in [1.165, 1.54) is 30.6 Å². The van der Waals surface area contributed by atoms with Crippen LogP contribution in [0, 0.1) is 11.3 Å². The Labute approximate surface area is 188 Å². The molecule has 1 aromatic rings. The number of fused-ring (bicyclic) bond motifs is 2. The molecule has 1 spiro atoms. The molecule has 2 heterocycles. The van der Waals surface area contributed by atoms with E-state index in [4.69, 9.17) is 4.74 Å². The van der Waals surface area contributed by atoms with E-state index in [0.29, 0.717) is 18.1 Å². The van der Waals surface area contributed by atoms with E-state index in [1.807, 2.05) is 0 Å². The fraction of sp³-hybridized carbons (Fsp3) is 0.700. The fourth-order valence-corrected chi connectivity index (χ4v) is 5.72. The number of carbonyl (C=O) groups is 1. The first-order chi connectivity index (χ1) is 13.1. The second-order valence-corrected chi connectivity index (χ2v) is 9.22. The third-order valence-corrected chi connectivity index (χ3v) is 7.34. The van der Waals surface area contributed by atoms with Crippen molar-refractivity contribution in [1.29, 1.82) is 0 Å². The number of nitrogens with one attached hydrogen (secondary N) is 2. The van der Waals surface area contributed by atoms with Crippen LogP contribution < -0.4 is 10.6 Å². The summed E-state index contributed by atoms with van der Waals surface area (Å²) in [4.78, 5) is 19.5. The van der Waals surface area contributed by atoms with Crippen LogP contribution in [0.15, 0.2) is 22.5 Å². The highest BCUT2D eigenvalue weighted by molar-refractivity contribution is 14.0. The van der Waals surface area contributed by atoms with Crippen LogP contribution in [0.3, 0.4) is 0 Å². The van der Waals surface area contributed by atoms with Crippen molar-refractivity contribution in [2.75, 3.05) is 27.2 Å². The highest BCUT2D eigenvalue weighted by atomic mass is 127. The van der Waals surface area contributed by atoms with Gasteiger partial charge in [-0.3, -0.25) is 4.79 Å². The summed E-state index contributed by atoms with van der Waals surface area (Å²) >= 11 is 1.73. The van der Waals surface area contributed by atoms with Gasteiger partial charge in [0, 0.05) is 43.0 Å². The van der Waals surface area contributed by atoms with Crippen LogP contribution >= 0.6 is 35.3 Å². The molecule has 3 unspecified atom stereocenters. The maximum atomic E-state index is 12.0. The van der Waals surface area contributed by atoms with E-state index >= 15 is 0 Å². The van der Waals surface area contributed by atoms with E-state index in [-0.39, 0.29) is 41.8 Å². The van der Waals surface area contributed by atoms with Gasteiger partial charge in [-0.25, -0.2) is 4.99 Å². The van der Waals surface area contributed by atoms with Gasteiger partial charge < -0.3 is 20.3 Å². The zero-order valence-electron chi connectivity index (χ0n) is 16.6. The number of hydrogen-bond acceptors (Lipinski definition) is 4. The molecule has 0 radical (unpaired) electrons. The molecular formula is C20H31IN4O2S. The van der Waals surface area contributed by atoms with Gasteiger partial charge in [-0.1, -0.05) is 18.9 Å². The monoisotopic (exact) mass is 518 g/mol. The molecule has 156 valence electrons. The summed E-state index contributed by atoms with van der Waals surface area (Å²) in [5.41, 5.74) is 0.262. The van der Waals surface area contributed by atoms with Gasteiger partial charge in [-0.15, -0.1) is 35.3 Å². The van der Waals surface area contributed by atoms with Crippen LogP contribution in [0.5, 0.6) is 0 Å². The van der Waals surface area contributed by atoms with Gasteiger partial charge in [0.1, 0.15) is 6.54 Å². The van der Waals surface area contributed by atoms with Gasteiger partial charge >= 0.3 is 0 Å². The van der Waals surface area contributed by atoms with Gasteiger partial charge in [0.25, 0.3) is 0 Å². The number of hydrogen-bond donors (Lipinski definition) is 2. The van der Waals surface area contributed by atoms with Crippen molar-refractivity contribution in [2.45, 2.75) is 50.8 Å². The summed E-state index contributed by atoms with van der Waals surface area (Å²) in [7, 11) is 3.54. The summed E-state index contributed by atoms with van der Waals surface area (Å²) in [6, 6.07) is 4.57. The molecule has 3 fully saturated rings. The number of rotatable bonds is 5. The maximum absolute atomic E-state index is 12.0. The van der Waals surface area contributed by atoms with E-state index in [1.54, 1.807) is 30.3 Å². The topological polar surface area (TPSA) is 66.0 Å². The van der Waals surface area contributed by atoms with Gasteiger partial charge in [-0.05, 0) is 30.7 Å². The van der Waals surface area contributed by atoms with Crippen molar-refractivity contribution < 1.29 is 9.53 Å². The van der Waals surface area contributed by atoms with Gasteiger partial charge in [0.2, 0.25) is 5.91 Å². The second kappa shape index (κ2) is 9.30. The predicted octanol–water partition coefficient (Wildman–Crippen LogP) is 2.84. The molecule has 0 bridgehead atoms. The predicted molar refractivity (Wildman–Crippen MR) is 123 cm³/mol. The lowest BCUT2D eigenvalue weighted by Crippen LogP contribution is -2.69. The molecule has 3 aliphatic rings. The first kappa shape index (κ1) is 21.8. The van der Waals surface area contributed by atoms with Crippen molar-refractivity contribution in [3.05, 3.63) is 22.4 Å². The van der Waals surface area contributed by atoms with Crippen LogP contribution in [0.1, 0.15) is 37.0 Å². The molecule has 1 saturated heterocycles. The number of amides is 1. The number of thiophene rings is 1. The summed E-state index contributed by atoms with van der Waals surface area (Å²) in [6.45, 7) is 1.77. The van der Waals surface area contributed by atoms with Gasteiger partial charge in [-0.2, -0.15) is 0 Å². The molecule has 3 atom stereocenters. The number of nitrogens with zero attached hydrogens (tertiary/aromatic N) is 2. The van der Waals surface area contributed by atoms with Crippen molar-refractivity contribution in [2.24, 2.45) is 16.3 Å². The van der Waals surface area contributed by atoms with Crippen molar-refractivity contribution in [3.63, 3.8) is 0 Å². The van der Waals surface area contributed by atoms with Crippen molar-refractivity contribution >= 4 is 47.2 Å². The van der Waals surface area contributed by atoms with Crippen LogP contribution in [-0.4, -0.2) is 56.2 Å². The third-order valence-electron chi connectivity index (χ3n) is 6.46. The highest BCUT2D eigenvalue weighted by Crippen LogP contribution is 2.60. The Bertz CT molecular complexity index is 688. The minimum atomic E-state index is 0. The number of likely N-dealkylation sites (N-methyl/N-ethyl adjacent to an activating group) is 1. The van der Waals surface area contributed by atoms with Crippen molar-refractivity contribution in [3.8, 4) is 0 Å². The lowest BCUT2D eigenvalue weighted by Gasteiger charge is -2.57. The van der Waals surface area contributed by atoms with E-state index in [2.05, 4.69) is 33.1 Å². The zero-order chi connectivity index (χ0) is 18.9. The lowest BCUT2D eigenvalue weighted by atomic mass is 9.54. The van der Waals surface area contributed by atoms with Crippen LogP contribution in [0.2, 0.25) is 0 Å². The summed E-state index contributed by atoms with van der Waals surface area (Å²) in [5.74, 6) is 1.33. The Kier molecular flexibility index (Phi) is 7.25. The number of carbonyl (C=O) groups excluding carboxylic acids is 1. The number of aliphatic imine (C=N–C) groups is 1. The number of guanidine groups is 1. The maximum Gasteiger partial charge on any atom is 0.243 e. The lowest BCUT2D eigenvalue weighted by molar-refractivity contribution is -0.127. The molecule has 28 heavy (non-hydrogen) atoms. The molecule has 1 amide bonds. The first-order valence-electron chi connectivity index (χ1n) is 9.99. The van der Waals surface area contributed by atoms with Gasteiger partial charge in [0.05, 0.1) is 12.6 Å². The highest BCUT2D eigenvalue weighted by Gasteiger charge is 2.65. The smallest absolute Gasteiger partial charge is 0.243 e. The van der Waals surface area contributed by atoms with Crippen LogP contribution in [0.4, 0.5) is 0 Å². The fourth-order valence-electron chi connectivity index (χ4n) is 5.08. The molecule has 6 nitrogen and oxygen atoms in total. The SMILES string of the molecule is CN(C)C(=O)CN=C(NCc1cccs1)NC1C2CCOC2C12CCCC2.I. The van der Waals surface area contributed by atoms with Gasteiger partial charge in [0.15, 0.2) is 5.96 Å². The molecule has 1 aromatic heterocycles. The largest absolute Gasteiger partial charge is 0.377 e. The minimum Gasteiger partial charge on any atom is -0.377 e. The van der Waals surface area contributed by atoms with E-state index < -0.39 is 0 Å². The molecular weight excluding hydrogens is 487 g/mol. The molecule has 4 rings (SSSR count). The summed E-state index contributed by atoms with van der Waals surface area (Å²) < 4.78 is 6.09. The average molecular weight is 518 g/mol. The summed E-state index contributed by atoms with van der Waals surface area (Å²) in [6.07, 6.45) is 6.59. The quantitative estimate of drug-likeness (QED) is 0.358. The Morgan fingerprint density at radius 3 is 2.86 bits per heavy atom. The number of halogens is 1. The Balaban J connectivity index is 0.00000225. The molecule has 1 aliphatic heterocycles. The molecule has 2 N–H and O–H groups in total. The Morgan fingerprint density at radius 2 is 2.18 bits per heavy atom. The third kappa shape index (κ3) is 4.18. The number of ether oxygens (including phenoxy) is 1. The van der Waals surface area contributed by atoms with Crippen molar-refractivity contribution in [1.82, 2.24) is 15.5 Å².